The summed E-state index contributed by atoms with van der Waals surface area (Å²) in [5, 5.41) is 0. The molecule has 1 aliphatic rings. The molecule has 156 valence electrons. The Morgan fingerprint density at radius 2 is 1.93 bits per heavy atom. The molecule has 3 aromatic rings. The SMILES string of the molecule is Cc1c(-c2c(C)c(=O)[nH]c(=O)n2C)ccc2c1CCN2c1ncccc1OC(F)F. The number of anilines is 2. The number of fused-ring (bicyclic) bond motifs is 1. The zero-order valence-corrected chi connectivity index (χ0v) is 16.7. The average molecular weight is 414 g/mol. The summed E-state index contributed by atoms with van der Waals surface area (Å²) in [6.07, 6.45) is 2.19. The second kappa shape index (κ2) is 7.40. The first-order chi connectivity index (χ1) is 14.3. The highest BCUT2D eigenvalue weighted by Gasteiger charge is 2.28. The van der Waals surface area contributed by atoms with Crippen LogP contribution in [0, 0.1) is 13.8 Å². The lowest BCUT2D eigenvalue weighted by Gasteiger charge is -2.22. The van der Waals surface area contributed by atoms with E-state index in [9.17, 15) is 18.4 Å². The second-order valence-corrected chi connectivity index (χ2v) is 7.13. The molecule has 0 aliphatic carbocycles. The summed E-state index contributed by atoms with van der Waals surface area (Å²) in [5.41, 5.74) is 3.65. The minimum Gasteiger partial charge on any atom is -0.431 e. The van der Waals surface area contributed by atoms with Crippen LogP contribution in [0.2, 0.25) is 0 Å². The molecule has 0 spiro atoms. The van der Waals surface area contributed by atoms with Crippen molar-refractivity contribution in [2.75, 3.05) is 11.4 Å². The van der Waals surface area contributed by atoms with Gasteiger partial charge >= 0.3 is 12.3 Å². The van der Waals surface area contributed by atoms with Gasteiger partial charge in [0.25, 0.3) is 5.56 Å². The van der Waals surface area contributed by atoms with Gasteiger partial charge in [0.05, 0.1) is 5.69 Å². The highest BCUT2D eigenvalue weighted by Crippen LogP contribution is 2.42. The van der Waals surface area contributed by atoms with Crippen LogP contribution in [0.4, 0.5) is 20.3 Å². The number of nitrogens with zero attached hydrogens (tertiary/aromatic N) is 3. The summed E-state index contributed by atoms with van der Waals surface area (Å²) in [4.78, 5) is 32.6. The maximum atomic E-state index is 12.8. The van der Waals surface area contributed by atoms with Gasteiger partial charge in [0, 0.05) is 36.6 Å². The standard InChI is InChI=1S/C21H20F2N4O3/c1-11-13-8-10-27(18-16(30-20(22)23)5-4-9-24-18)15(13)7-6-14(11)17-12(2)19(28)25-21(29)26(17)3/h4-7,9,20H,8,10H2,1-3H3,(H,25,28,29). The van der Waals surface area contributed by atoms with Crippen LogP contribution in [0.5, 0.6) is 5.75 Å². The maximum absolute atomic E-state index is 12.8. The van der Waals surface area contributed by atoms with Gasteiger partial charge in [-0.3, -0.25) is 14.3 Å². The molecule has 1 N–H and O–H groups in total. The van der Waals surface area contributed by atoms with Gasteiger partial charge in [0.1, 0.15) is 0 Å². The number of rotatable bonds is 4. The maximum Gasteiger partial charge on any atom is 0.387 e. The van der Waals surface area contributed by atoms with Crippen molar-refractivity contribution in [3.05, 3.63) is 68.0 Å². The number of halogens is 2. The lowest BCUT2D eigenvalue weighted by atomic mass is 9.96. The van der Waals surface area contributed by atoms with E-state index in [0.29, 0.717) is 30.0 Å². The van der Waals surface area contributed by atoms with Crippen LogP contribution in [0.3, 0.4) is 0 Å². The number of pyridine rings is 1. The largest absolute Gasteiger partial charge is 0.431 e. The van der Waals surface area contributed by atoms with E-state index in [4.69, 9.17) is 0 Å². The molecule has 2 aromatic heterocycles. The van der Waals surface area contributed by atoms with Crippen molar-refractivity contribution in [3.63, 3.8) is 0 Å². The number of hydrogen-bond donors (Lipinski definition) is 1. The highest BCUT2D eigenvalue weighted by atomic mass is 19.3. The van der Waals surface area contributed by atoms with E-state index in [-0.39, 0.29) is 5.75 Å². The van der Waals surface area contributed by atoms with Gasteiger partial charge in [-0.05, 0) is 49.6 Å². The zero-order valence-electron chi connectivity index (χ0n) is 16.7. The van der Waals surface area contributed by atoms with Crippen molar-refractivity contribution in [3.8, 4) is 17.0 Å². The molecule has 0 bridgehead atoms. The Morgan fingerprint density at radius 3 is 2.67 bits per heavy atom. The van der Waals surface area contributed by atoms with Gasteiger partial charge in [-0.15, -0.1) is 0 Å². The van der Waals surface area contributed by atoms with Gasteiger partial charge in [0.2, 0.25) is 0 Å². The molecule has 1 aromatic carbocycles. The van der Waals surface area contributed by atoms with Crippen LogP contribution in [0.15, 0.2) is 40.1 Å². The lowest BCUT2D eigenvalue weighted by molar-refractivity contribution is -0.0496. The first-order valence-electron chi connectivity index (χ1n) is 9.39. The number of hydrogen-bond acceptors (Lipinski definition) is 5. The molecule has 3 heterocycles. The smallest absolute Gasteiger partial charge is 0.387 e. The monoisotopic (exact) mass is 414 g/mol. The Bertz CT molecular complexity index is 1220. The van der Waals surface area contributed by atoms with E-state index in [1.807, 2.05) is 24.0 Å². The van der Waals surface area contributed by atoms with E-state index in [1.54, 1.807) is 20.0 Å². The Balaban J connectivity index is 1.84. The van der Waals surface area contributed by atoms with Crippen LogP contribution in [-0.2, 0) is 13.5 Å². The number of ether oxygens (including phenoxy) is 1. The molecule has 0 unspecified atom stereocenters. The van der Waals surface area contributed by atoms with Crippen molar-refractivity contribution in [1.82, 2.24) is 14.5 Å². The van der Waals surface area contributed by atoms with Crippen LogP contribution >= 0.6 is 0 Å². The zero-order chi connectivity index (χ0) is 21.6. The number of aromatic amines is 1. The van der Waals surface area contributed by atoms with Gasteiger partial charge in [-0.2, -0.15) is 8.78 Å². The second-order valence-electron chi connectivity index (χ2n) is 7.13. The van der Waals surface area contributed by atoms with Crippen molar-refractivity contribution < 1.29 is 13.5 Å². The molecule has 0 saturated carbocycles. The van der Waals surface area contributed by atoms with E-state index < -0.39 is 17.9 Å². The Hall–Kier alpha value is -3.49. The number of alkyl halides is 2. The molecule has 0 fully saturated rings. The first kappa shape index (κ1) is 19.8. The fourth-order valence-electron chi connectivity index (χ4n) is 4.02. The fraction of sp³-hybridized carbons (Fsp3) is 0.286. The molecule has 30 heavy (non-hydrogen) atoms. The molecule has 9 heteroatoms. The van der Waals surface area contributed by atoms with Gasteiger partial charge in [0.15, 0.2) is 11.6 Å². The first-order valence-corrected chi connectivity index (χ1v) is 9.39. The third kappa shape index (κ3) is 3.16. The van der Waals surface area contributed by atoms with Crippen LogP contribution in [0.1, 0.15) is 16.7 Å². The summed E-state index contributed by atoms with van der Waals surface area (Å²) >= 11 is 0. The predicted octanol–water partition coefficient (Wildman–Crippen LogP) is 3.05. The van der Waals surface area contributed by atoms with Crippen LogP contribution < -0.4 is 20.9 Å². The molecular formula is C21H20F2N4O3. The molecule has 0 amide bonds. The predicted molar refractivity (Wildman–Crippen MR) is 109 cm³/mol. The molecule has 4 rings (SSSR count). The van der Waals surface area contributed by atoms with Gasteiger partial charge in [-0.1, -0.05) is 6.07 Å². The van der Waals surface area contributed by atoms with Crippen molar-refractivity contribution in [2.45, 2.75) is 26.9 Å². The summed E-state index contributed by atoms with van der Waals surface area (Å²) in [6, 6.07) is 6.70. The number of H-pyrrole nitrogens is 1. The summed E-state index contributed by atoms with van der Waals surface area (Å²) < 4.78 is 31.7. The third-order valence-corrected chi connectivity index (χ3v) is 5.48. The molecule has 7 nitrogen and oxygen atoms in total. The Labute approximate surface area is 170 Å². The number of aromatic nitrogens is 3. The quantitative estimate of drug-likeness (QED) is 0.710. The van der Waals surface area contributed by atoms with Crippen molar-refractivity contribution in [2.24, 2.45) is 7.05 Å². The minimum absolute atomic E-state index is 0.00918. The van der Waals surface area contributed by atoms with E-state index in [0.717, 1.165) is 22.4 Å². The van der Waals surface area contributed by atoms with Gasteiger partial charge < -0.3 is 9.64 Å². The normalized spacial score (nSPS) is 13.1. The third-order valence-electron chi connectivity index (χ3n) is 5.48. The molecule has 1 aliphatic heterocycles. The minimum atomic E-state index is -2.94. The Morgan fingerprint density at radius 1 is 1.17 bits per heavy atom. The van der Waals surface area contributed by atoms with Crippen LogP contribution in [0.25, 0.3) is 11.3 Å². The topological polar surface area (TPSA) is 80.2 Å². The Kier molecular flexibility index (Phi) is 4.89. The van der Waals surface area contributed by atoms with Crippen molar-refractivity contribution in [1.29, 1.82) is 0 Å². The summed E-state index contributed by atoms with van der Waals surface area (Å²) in [5.74, 6) is 0.332. The van der Waals surface area contributed by atoms with Gasteiger partial charge in [-0.25, -0.2) is 9.78 Å². The molecule has 0 saturated heterocycles. The number of nitrogens with one attached hydrogen (secondary N) is 1. The lowest BCUT2D eigenvalue weighted by Crippen LogP contribution is -2.31. The average Bonchev–Trinajstić information content (AvgIpc) is 3.13. The molecule has 0 radical (unpaired) electrons. The number of benzene rings is 1. The highest BCUT2D eigenvalue weighted by molar-refractivity contribution is 5.78. The summed E-state index contributed by atoms with van der Waals surface area (Å²) in [7, 11) is 1.61. The summed E-state index contributed by atoms with van der Waals surface area (Å²) in [6.45, 7) is 1.20. The van der Waals surface area contributed by atoms with E-state index >= 15 is 0 Å². The van der Waals surface area contributed by atoms with Crippen molar-refractivity contribution >= 4 is 11.5 Å². The van der Waals surface area contributed by atoms with Crippen LogP contribution in [-0.4, -0.2) is 27.7 Å². The fourth-order valence-corrected chi connectivity index (χ4v) is 4.02. The van der Waals surface area contributed by atoms with E-state index in [2.05, 4.69) is 14.7 Å². The molecular weight excluding hydrogens is 394 g/mol. The van der Waals surface area contributed by atoms with E-state index in [1.165, 1.54) is 16.8 Å². The molecule has 0 atom stereocenters.